The molecule has 1 aliphatic heterocycles. The summed E-state index contributed by atoms with van der Waals surface area (Å²) in [6, 6.07) is 1.95. The van der Waals surface area contributed by atoms with Crippen molar-refractivity contribution in [2.45, 2.75) is 37.0 Å². The topological polar surface area (TPSA) is 65.9 Å². The average molecular weight is 372 g/mol. The fraction of sp³-hybridized carbons (Fsp3) is 0.706. The Morgan fingerprint density at radius 1 is 1.46 bits per heavy atom. The molecule has 1 unspecified atom stereocenters. The highest BCUT2D eigenvalue weighted by Gasteiger charge is 2.32. The molecule has 1 aromatic heterocycles. The van der Waals surface area contributed by atoms with Gasteiger partial charge in [0.1, 0.15) is 5.60 Å². The number of hydrogen-bond donors (Lipinski definition) is 3. The van der Waals surface area contributed by atoms with Crippen molar-refractivity contribution >= 4 is 29.1 Å². The number of nitrogens with zero attached hydrogens (tertiary/aromatic N) is 1. The number of rotatable bonds is 7. The highest BCUT2D eigenvalue weighted by atomic mass is 32.2. The van der Waals surface area contributed by atoms with Gasteiger partial charge >= 0.3 is 0 Å². The molecule has 1 saturated heterocycles. The van der Waals surface area contributed by atoms with Gasteiger partial charge in [-0.15, -0.1) is 0 Å². The van der Waals surface area contributed by atoms with Crippen molar-refractivity contribution in [3.63, 3.8) is 0 Å². The van der Waals surface area contributed by atoms with Crippen LogP contribution in [0.25, 0.3) is 0 Å². The zero-order valence-electron chi connectivity index (χ0n) is 14.8. The van der Waals surface area contributed by atoms with E-state index in [1.807, 2.05) is 42.4 Å². The van der Waals surface area contributed by atoms with Crippen LogP contribution in [0.2, 0.25) is 0 Å². The third-order valence-electron chi connectivity index (χ3n) is 4.45. The molecule has 0 saturated carbocycles. The number of hydrogen-bond acceptors (Lipinski definition) is 5. The fourth-order valence-electron chi connectivity index (χ4n) is 2.68. The van der Waals surface area contributed by atoms with Gasteiger partial charge < -0.3 is 20.5 Å². The van der Waals surface area contributed by atoms with E-state index >= 15 is 0 Å². The summed E-state index contributed by atoms with van der Waals surface area (Å²) in [5, 5.41) is 21.3. The number of thiophene rings is 1. The molecule has 0 amide bonds. The lowest BCUT2D eigenvalue weighted by atomic mass is 9.99. The van der Waals surface area contributed by atoms with Crippen LogP contribution in [-0.4, -0.2) is 54.9 Å². The van der Waals surface area contributed by atoms with Gasteiger partial charge in [-0.05, 0) is 55.3 Å². The SMILES string of the molecule is CCNC(=NCC(C)(O)c1ccsc1)NCC1(SC)CCOCC1. The molecule has 136 valence electrons. The molecular formula is C17H29N3O2S2. The number of guanidine groups is 1. The Kier molecular flexibility index (Phi) is 7.40. The molecule has 2 heterocycles. The molecule has 2 rings (SSSR count). The van der Waals surface area contributed by atoms with Gasteiger partial charge in [-0.3, -0.25) is 0 Å². The van der Waals surface area contributed by atoms with Crippen LogP contribution in [0, 0.1) is 0 Å². The van der Waals surface area contributed by atoms with E-state index < -0.39 is 5.60 Å². The van der Waals surface area contributed by atoms with Crippen molar-refractivity contribution in [1.29, 1.82) is 0 Å². The first-order chi connectivity index (χ1) is 11.5. The van der Waals surface area contributed by atoms with E-state index in [1.54, 1.807) is 11.3 Å². The van der Waals surface area contributed by atoms with Crippen molar-refractivity contribution in [2.24, 2.45) is 4.99 Å². The second-order valence-corrected chi connectivity index (χ2v) is 8.39. The molecule has 0 aromatic carbocycles. The number of aliphatic hydroxyl groups is 1. The standard InChI is InChI=1S/C17H29N3O2S2/c1-4-18-15(19-12-16(2,21)14-5-10-24-11-14)20-13-17(23-3)6-8-22-9-7-17/h5,10-11,21H,4,6-9,12-13H2,1-3H3,(H2,18,19,20). The molecule has 0 aliphatic carbocycles. The Hall–Kier alpha value is -0.760. The van der Waals surface area contributed by atoms with Crippen LogP contribution in [0.15, 0.2) is 21.8 Å². The Morgan fingerprint density at radius 3 is 2.79 bits per heavy atom. The van der Waals surface area contributed by atoms with Crippen molar-refractivity contribution in [1.82, 2.24) is 10.6 Å². The minimum Gasteiger partial charge on any atom is -0.383 e. The van der Waals surface area contributed by atoms with Crippen LogP contribution in [0.3, 0.4) is 0 Å². The normalized spacial score (nSPS) is 20.4. The lowest BCUT2D eigenvalue weighted by Crippen LogP contribution is -2.48. The van der Waals surface area contributed by atoms with Crippen LogP contribution in [0.4, 0.5) is 0 Å². The Labute approximate surface area is 153 Å². The quantitative estimate of drug-likeness (QED) is 0.507. The van der Waals surface area contributed by atoms with Crippen LogP contribution < -0.4 is 10.6 Å². The minimum atomic E-state index is -0.946. The van der Waals surface area contributed by atoms with E-state index in [9.17, 15) is 5.11 Å². The zero-order chi connectivity index (χ0) is 17.5. The van der Waals surface area contributed by atoms with Crippen LogP contribution in [0.1, 0.15) is 32.3 Å². The van der Waals surface area contributed by atoms with Gasteiger partial charge in [0.05, 0.1) is 6.54 Å². The van der Waals surface area contributed by atoms with E-state index in [0.717, 1.165) is 50.7 Å². The molecule has 1 fully saturated rings. The monoisotopic (exact) mass is 371 g/mol. The highest BCUT2D eigenvalue weighted by molar-refractivity contribution is 8.00. The first-order valence-electron chi connectivity index (χ1n) is 8.41. The summed E-state index contributed by atoms with van der Waals surface area (Å²) in [4.78, 5) is 4.60. The minimum absolute atomic E-state index is 0.199. The maximum atomic E-state index is 10.6. The summed E-state index contributed by atoms with van der Waals surface area (Å²) in [6.07, 6.45) is 4.26. The predicted octanol–water partition coefficient (Wildman–Crippen LogP) is 2.42. The predicted molar refractivity (Wildman–Crippen MR) is 104 cm³/mol. The first kappa shape index (κ1) is 19.6. The summed E-state index contributed by atoms with van der Waals surface area (Å²) in [5.74, 6) is 0.757. The molecule has 7 heteroatoms. The number of nitrogens with one attached hydrogen (secondary N) is 2. The van der Waals surface area contributed by atoms with Gasteiger partial charge in [-0.25, -0.2) is 4.99 Å². The molecule has 3 N–H and O–H groups in total. The summed E-state index contributed by atoms with van der Waals surface area (Å²) >= 11 is 3.49. The van der Waals surface area contributed by atoms with Gasteiger partial charge in [-0.1, -0.05) is 0 Å². The average Bonchev–Trinajstić information content (AvgIpc) is 3.14. The van der Waals surface area contributed by atoms with Gasteiger partial charge in [0, 0.05) is 31.1 Å². The van der Waals surface area contributed by atoms with Crippen LogP contribution in [-0.2, 0) is 10.3 Å². The van der Waals surface area contributed by atoms with Gasteiger partial charge in [0.15, 0.2) is 5.96 Å². The Bertz CT molecular complexity index is 512. The maximum absolute atomic E-state index is 10.6. The van der Waals surface area contributed by atoms with Crippen molar-refractivity contribution in [3.8, 4) is 0 Å². The number of aliphatic imine (C=N–C) groups is 1. The third-order valence-corrected chi connectivity index (χ3v) is 6.55. The molecule has 0 spiro atoms. The number of thioether (sulfide) groups is 1. The van der Waals surface area contributed by atoms with E-state index in [1.165, 1.54) is 0 Å². The molecule has 1 aromatic rings. The highest BCUT2D eigenvalue weighted by Crippen LogP contribution is 2.33. The Morgan fingerprint density at radius 2 is 2.21 bits per heavy atom. The van der Waals surface area contributed by atoms with Crippen molar-refractivity contribution < 1.29 is 9.84 Å². The summed E-state index contributed by atoms with van der Waals surface area (Å²) in [5.41, 5.74) is -0.0322. The Balaban J connectivity index is 1.97. The lowest BCUT2D eigenvalue weighted by molar-refractivity contribution is 0.0676. The molecular weight excluding hydrogens is 342 g/mol. The van der Waals surface area contributed by atoms with E-state index in [2.05, 4.69) is 21.9 Å². The zero-order valence-corrected chi connectivity index (χ0v) is 16.4. The van der Waals surface area contributed by atoms with Gasteiger partial charge in [0.25, 0.3) is 0 Å². The van der Waals surface area contributed by atoms with Gasteiger partial charge in [0.2, 0.25) is 0 Å². The van der Waals surface area contributed by atoms with E-state index in [4.69, 9.17) is 4.74 Å². The number of ether oxygens (including phenoxy) is 1. The molecule has 0 radical (unpaired) electrons. The molecule has 5 nitrogen and oxygen atoms in total. The maximum Gasteiger partial charge on any atom is 0.191 e. The summed E-state index contributed by atoms with van der Waals surface area (Å²) in [6.45, 7) is 7.48. The second kappa shape index (κ2) is 9.08. The third kappa shape index (κ3) is 5.37. The van der Waals surface area contributed by atoms with Crippen molar-refractivity contribution in [2.75, 3.05) is 39.1 Å². The second-order valence-electron chi connectivity index (χ2n) is 6.33. The molecule has 24 heavy (non-hydrogen) atoms. The van der Waals surface area contributed by atoms with Gasteiger partial charge in [-0.2, -0.15) is 23.1 Å². The molecule has 1 atom stereocenters. The molecule has 0 bridgehead atoms. The van der Waals surface area contributed by atoms with Crippen molar-refractivity contribution in [3.05, 3.63) is 22.4 Å². The largest absolute Gasteiger partial charge is 0.383 e. The smallest absolute Gasteiger partial charge is 0.191 e. The summed E-state index contributed by atoms with van der Waals surface area (Å²) < 4.78 is 5.69. The lowest BCUT2D eigenvalue weighted by Gasteiger charge is -2.36. The first-order valence-corrected chi connectivity index (χ1v) is 10.6. The van der Waals surface area contributed by atoms with Crippen LogP contribution in [0.5, 0.6) is 0 Å². The summed E-state index contributed by atoms with van der Waals surface area (Å²) in [7, 11) is 0. The van der Waals surface area contributed by atoms with Crippen LogP contribution >= 0.6 is 23.1 Å². The fourth-order valence-corrected chi connectivity index (χ4v) is 4.25. The molecule has 1 aliphatic rings. The van der Waals surface area contributed by atoms with E-state index in [-0.39, 0.29) is 4.75 Å². The van der Waals surface area contributed by atoms with E-state index in [0.29, 0.717) is 6.54 Å².